The van der Waals surface area contributed by atoms with Gasteiger partial charge in [-0.05, 0) is 44.1 Å². The lowest BCUT2D eigenvalue weighted by atomic mass is 9.94. The van der Waals surface area contributed by atoms with Crippen molar-refractivity contribution in [3.63, 3.8) is 0 Å². The lowest BCUT2D eigenvalue weighted by Gasteiger charge is -2.28. The molecule has 0 unspecified atom stereocenters. The maximum absolute atomic E-state index is 5.50. The first-order valence-corrected chi connectivity index (χ1v) is 9.74. The number of nitrogens with zero attached hydrogens (tertiary/aromatic N) is 4. The molecule has 0 spiro atoms. The Morgan fingerprint density at radius 1 is 1.00 bits per heavy atom. The van der Waals surface area contributed by atoms with E-state index in [0.29, 0.717) is 5.92 Å². The molecule has 2 aromatic heterocycles. The third-order valence-corrected chi connectivity index (χ3v) is 5.42. The van der Waals surface area contributed by atoms with Crippen LogP contribution in [0.1, 0.15) is 24.5 Å². The van der Waals surface area contributed by atoms with Crippen LogP contribution < -0.4 is 10.2 Å². The number of para-hydroxylation sites is 2. The van der Waals surface area contributed by atoms with E-state index in [1.807, 2.05) is 24.3 Å². The van der Waals surface area contributed by atoms with Crippen molar-refractivity contribution < 1.29 is 4.74 Å². The lowest BCUT2D eigenvalue weighted by molar-refractivity contribution is 0.122. The van der Waals surface area contributed by atoms with Crippen molar-refractivity contribution >= 4 is 17.0 Å². The van der Waals surface area contributed by atoms with Crippen LogP contribution >= 0.6 is 0 Å². The quantitative estimate of drug-likeness (QED) is 0.743. The molecular formula is C20H24N6O. The Hall–Kier alpha value is -2.51. The molecule has 7 nitrogen and oxygen atoms in total. The van der Waals surface area contributed by atoms with Gasteiger partial charge in [-0.2, -0.15) is 0 Å². The molecule has 140 valence electrons. The van der Waals surface area contributed by atoms with E-state index in [2.05, 4.69) is 21.3 Å². The largest absolute Gasteiger partial charge is 0.378 e. The minimum atomic E-state index is 0.470. The minimum Gasteiger partial charge on any atom is -0.378 e. The van der Waals surface area contributed by atoms with Crippen molar-refractivity contribution in [3.8, 4) is 11.5 Å². The number of rotatable bonds is 3. The average Bonchev–Trinajstić information content (AvgIpc) is 3.19. The fourth-order valence-corrected chi connectivity index (χ4v) is 3.88. The number of aromatic amines is 1. The van der Waals surface area contributed by atoms with E-state index in [1.165, 1.54) is 0 Å². The van der Waals surface area contributed by atoms with Crippen molar-refractivity contribution in [2.45, 2.75) is 18.8 Å². The van der Waals surface area contributed by atoms with Gasteiger partial charge in [0, 0.05) is 24.7 Å². The number of nitrogens with one attached hydrogen (secondary N) is 2. The van der Waals surface area contributed by atoms with Crippen LogP contribution in [0.2, 0.25) is 0 Å². The smallest absolute Gasteiger partial charge is 0.226 e. The first-order valence-electron chi connectivity index (χ1n) is 9.74. The maximum Gasteiger partial charge on any atom is 0.226 e. The monoisotopic (exact) mass is 364 g/mol. The molecule has 2 fully saturated rings. The van der Waals surface area contributed by atoms with E-state index in [0.717, 1.165) is 86.4 Å². The van der Waals surface area contributed by atoms with E-state index >= 15 is 0 Å². The van der Waals surface area contributed by atoms with Crippen LogP contribution in [0.4, 0.5) is 5.95 Å². The number of piperidine rings is 1. The molecule has 0 radical (unpaired) electrons. The number of hydrogen-bond donors (Lipinski definition) is 2. The number of imidazole rings is 1. The highest BCUT2D eigenvalue weighted by atomic mass is 16.5. The molecule has 2 saturated heterocycles. The average molecular weight is 364 g/mol. The van der Waals surface area contributed by atoms with Gasteiger partial charge in [0.2, 0.25) is 5.95 Å². The zero-order valence-electron chi connectivity index (χ0n) is 15.3. The summed E-state index contributed by atoms with van der Waals surface area (Å²) in [6, 6.07) is 10.2. The van der Waals surface area contributed by atoms with Gasteiger partial charge >= 0.3 is 0 Å². The van der Waals surface area contributed by atoms with Crippen LogP contribution in [0.5, 0.6) is 0 Å². The molecule has 0 saturated carbocycles. The normalized spacial score (nSPS) is 18.9. The summed E-state index contributed by atoms with van der Waals surface area (Å²) in [6.07, 6.45) is 2.22. The Morgan fingerprint density at radius 2 is 1.81 bits per heavy atom. The van der Waals surface area contributed by atoms with Gasteiger partial charge in [-0.3, -0.25) is 0 Å². The van der Waals surface area contributed by atoms with Crippen LogP contribution in [0.15, 0.2) is 30.3 Å². The van der Waals surface area contributed by atoms with Crippen molar-refractivity contribution in [2.75, 3.05) is 44.3 Å². The third-order valence-electron chi connectivity index (χ3n) is 5.42. The summed E-state index contributed by atoms with van der Waals surface area (Å²) >= 11 is 0. The summed E-state index contributed by atoms with van der Waals surface area (Å²) in [4.78, 5) is 20.2. The summed E-state index contributed by atoms with van der Waals surface area (Å²) in [5, 5.41) is 3.44. The molecule has 1 aromatic carbocycles. The second-order valence-electron chi connectivity index (χ2n) is 7.20. The van der Waals surface area contributed by atoms with Gasteiger partial charge in [-0.15, -0.1) is 0 Å². The molecule has 7 heteroatoms. The van der Waals surface area contributed by atoms with Crippen molar-refractivity contribution in [1.82, 2.24) is 25.3 Å². The fourth-order valence-electron chi connectivity index (χ4n) is 3.88. The molecule has 4 heterocycles. The Kier molecular flexibility index (Phi) is 4.47. The Bertz CT molecular complexity index is 858. The molecule has 27 heavy (non-hydrogen) atoms. The second-order valence-corrected chi connectivity index (χ2v) is 7.20. The summed E-state index contributed by atoms with van der Waals surface area (Å²) in [5.41, 5.74) is 3.99. The fraction of sp³-hybridized carbons (Fsp3) is 0.450. The van der Waals surface area contributed by atoms with E-state index in [4.69, 9.17) is 19.7 Å². The van der Waals surface area contributed by atoms with Gasteiger partial charge < -0.3 is 19.9 Å². The number of anilines is 1. The van der Waals surface area contributed by atoms with Gasteiger partial charge in [0.25, 0.3) is 0 Å². The number of hydrogen-bond acceptors (Lipinski definition) is 6. The topological polar surface area (TPSA) is 79.0 Å². The zero-order chi connectivity index (χ0) is 18.1. The molecule has 5 rings (SSSR count). The summed E-state index contributed by atoms with van der Waals surface area (Å²) in [7, 11) is 0. The minimum absolute atomic E-state index is 0.470. The SMILES string of the molecule is c1ccc2[nH]c(-c3cc(C4CCNCC4)nc(N4CCOCC4)n3)nc2c1. The first kappa shape index (κ1) is 16.6. The zero-order valence-corrected chi connectivity index (χ0v) is 15.3. The van der Waals surface area contributed by atoms with Gasteiger partial charge in [-0.25, -0.2) is 15.0 Å². The van der Waals surface area contributed by atoms with E-state index in [1.54, 1.807) is 0 Å². The molecule has 3 aromatic rings. The van der Waals surface area contributed by atoms with Crippen molar-refractivity contribution in [3.05, 3.63) is 36.0 Å². The van der Waals surface area contributed by atoms with Crippen LogP contribution in [-0.4, -0.2) is 59.3 Å². The third kappa shape index (κ3) is 3.40. The van der Waals surface area contributed by atoms with E-state index < -0.39 is 0 Å². The highest BCUT2D eigenvalue weighted by molar-refractivity contribution is 5.78. The van der Waals surface area contributed by atoms with Gasteiger partial charge in [0.1, 0.15) is 5.69 Å². The summed E-state index contributed by atoms with van der Waals surface area (Å²) < 4.78 is 5.50. The number of ether oxygens (including phenoxy) is 1. The first-order chi connectivity index (χ1) is 13.4. The van der Waals surface area contributed by atoms with E-state index in [-0.39, 0.29) is 0 Å². The number of morpholine rings is 1. The molecule has 0 aliphatic carbocycles. The predicted molar refractivity (Wildman–Crippen MR) is 105 cm³/mol. The van der Waals surface area contributed by atoms with E-state index in [9.17, 15) is 0 Å². The van der Waals surface area contributed by atoms with Crippen molar-refractivity contribution in [2.24, 2.45) is 0 Å². The Labute approximate surface area is 158 Å². The maximum atomic E-state index is 5.50. The molecule has 0 amide bonds. The van der Waals surface area contributed by atoms with Gasteiger partial charge in [0.15, 0.2) is 5.82 Å². The number of aromatic nitrogens is 4. The lowest BCUT2D eigenvalue weighted by Crippen LogP contribution is -2.37. The highest BCUT2D eigenvalue weighted by Crippen LogP contribution is 2.29. The second kappa shape index (κ2) is 7.25. The Morgan fingerprint density at radius 3 is 2.63 bits per heavy atom. The van der Waals surface area contributed by atoms with Gasteiger partial charge in [-0.1, -0.05) is 12.1 Å². The number of H-pyrrole nitrogens is 1. The van der Waals surface area contributed by atoms with Crippen LogP contribution in [0.25, 0.3) is 22.6 Å². The number of benzene rings is 1. The summed E-state index contributed by atoms with van der Waals surface area (Å²) in [6.45, 7) is 5.19. The molecule has 0 bridgehead atoms. The van der Waals surface area contributed by atoms with Crippen molar-refractivity contribution in [1.29, 1.82) is 0 Å². The molecule has 0 atom stereocenters. The van der Waals surface area contributed by atoms with Crippen LogP contribution in [-0.2, 0) is 4.74 Å². The van der Waals surface area contributed by atoms with Gasteiger partial charge in [0.05, 0.1) is 24.2 Å². The highest BCUT2D eigenvalue weighted by Gasteiger charge is 2.22. The van der Waals surface area contributed by atoms with Crippen LogP contribution in [0, 0.1) is 0 Å². The molecule has 2 aliphatic heterocycles. The number of fused-ring (bicyclic) bond motifs is 1. The summed E-state index contributed by atoms with van der Waals surface area (Å²) in [5.74, 6) is 2.07. The molecule has 2 N–H and O–H groups in total. The molecular weight excluding hydrogens is 340 g/mol. The predicted octanol–water partition coefficient (Wildman–Crippen LogP) is 2.32. The Balaban J connectivity index is 1.57. The molecule has 2 aliphatic rings. The van der Waals surface area contributed by atoms with Crippen LogP contribution in [0.3, 0.4) is 0 Å². The standard InChI is InChI=1S/C20H24N6O/c1-2-4-16-15(3-1)22-19(23-16)18-13-17(14-5-7-21-8-6-14)24-20(25-18)26-9-11-27-12-10-26/h1-4,13-14,21H,5-12H2,(H,22,23).